The van der Waals surface area contributed by atoms with Crippen molar-refractivity contribution in [1.82, 2.24) is 0 Å². The zero-order valence-corrected chi connectivity index (χ0v) is 5.79. The molecule has 0 spiro atoms. The first-order valence-corrected chi connectivity index (χ1v) is 2.82. The van der Waals surface area contributed by atoms with E-state index in [0.717, 1.165) is 0 Å². The zero-order valence-electron chi connectivity index (χ0n) is 5.79. The van der Waals surface area contributed by atoms with Gasteiger partial charge in [0.2, 0.25) is 0 Å². The van der Waals surface area contributed by atoms with E-state index >= 15 is 0 Å². The third-order valence-corrected chi connectivity index (χ3v) is 0.845. The van der Waals surface area contributed by atoms with Crippen molar-refractivity contribution in [2.75, 3.05) is 20.3 Å². The van der Waals surface area contributed by atoms with Gasteiger partial charge in [-0.2, -0.15) is 5.26 Å². The zero-order chi connectivity index (χ0) is 7.82. The lowest BCUT2D eigenvalue weighted by Gasteiger charge is -1.96. The quantitative estimate of drug-likeness (QED) is 0.413. The molecule has 0 fully saturated rings. The number of carbonyl (C=O) groups is 1. The second-order valence-electron chi connectivity index (χ2n) is 1.54. The molecule has 0 N–H and O–H groups in total. The van der Waals surface area contributed by atoms with Gasteiger partial charge in [-0.05, 0) is 0 Å². The fourth-order valence-corrected chi connectivity index (χ4v) is 0.375. The minimum Gasteiger partial charge on any atom is -0.469 e. The van der Waals surface area contributed by atoms with Gasteiger partial charge >= 0.3 is 5.97 Å². The van der Waals surface area contributed by atoms with E-state index in [2.05, 4.69) is 4.74 Å². The van der Waals surface area contributed by atoms with E-state index < -0.39 is 0 Å². The Bertz CT molecular complexity index is 138. The highest BCUT2D eigenvalue weighted by Gasteiger charge is 1.97. The van der Waals surface area contributed by atoms with Crippen LogP contribution in [-0.2, 0) is 14.3 Å². The molecule has 0 aromatic heterocycles. The molecule has 0 rings (SSSR count). The summed E-state index contributed by atoms with van der Waals surface area (Å²) in [5, 5.41) is 8.00. The van der Waals surface area contributed by atoms with Crippen LogP contribution in [0.1, 0.15) is 6.42 Å². The largest absolute Gasteiger partial charge is 0.469 e. The van der Waals surface area contributed by atoms with Crippen LogP contribution in [0.5, 0.6) is 0 Å². The lowest BCUT2D eigenvalue weighted by atomic mass is 10.5. The summed E-state index contributed by atoms with van der Waals surface area (Å²) >= 11 is 0. The van der Waals surface area contributed by atoms with Crippen molar-refractivity contribution in [3.05, 3.63) is 0 Å². The summed E-state index contributed by atoms with van der Waals surface area (Å²) in [5.41, 5.74) is 0. The topological polar surface area (TPSA) is 59.3 Å². The first-order chi connectivity index (χ1) is 4.81. The van der Waals surface area contributed by atoms with Gasteiger partial charge in [-0.15, -0.1) is 0 Å². The van der Waals surface area contributed by atoms with Crippen LogP contribution < -0.4 is 0 Å². The van der Waals surface area contributed by atoms with Crippen LogP contribution in [0.3, 0.4) is 0 Å². The number of nitrogens with zero attached hydrogens (tertiary/aromatic N) is 1. The van der Waals surface area contributed by atoms with Gasteiger partial charge in [-0.1, -0.05) is 0 Å². The molecule has 10 heavy (non-hydrogen) atoms. The number of nitriles is 1. The molecule has 4 nitrogen and oxygen atoms in total. The minimum atomic E-state index is -0.321. The molecule has 4 heteroatoms. The average Bonchev–Trinajstić information content (AvgIpc) is 1.98. The fourth-order valence-electron chi connectivity index (χ4n) is 0.375. The van der Waals surface area contributed by atoms with E-state index in [0.29, 0.717) is 0 Å². The average molecular weight is 143 g/mol. The van der Waals surface area contributed by atoms with Crippen LogP contribution in [-0.4, -0.2) is 26.3 Å². The molecule has 0 heterocycles. The number of ether oxygens (including phenoxy) is 2. The third kappa shape index (κ3) is 5.06. The molecule has 0 radical (unpaired) electrons. The Morgan fingerprint density at radius 1 is 1.70 bits per heavy atom. The Morgan fingerprint density at radius 2 is 2.40 bits per heavy atom. The molecule has 0 bridgehead atoms. The maximum Gasteiger partial charge on any atom is 0.307 e. The molecule has 0 aliphatic carbocycles. The van der Waals surface area contributed by atoms with E-state index in [9.17, 15) is 4.79 Å². The molecular weight excluding hydrogens is 134 g/mol. The van der Waals surface area contributed by atoms with E-state index in [4.69, 9.17) is 10.00 Å². The second kappa shape index (κ2) is 6.05. The predicted molar refractivity (Wildman–Crippen MR) is 33.1 cm³/mol. The molecule has 0 atom stereocenters. The first kappa shape index (κ1) is 8.92. The van der Waals surface area contributed by atoms with Gasteiger partial charge in [0.25, 0.3) is 0 Å². The smallest absolute Gasteiger partial charge is 0.307 e. The van der Waals surface area contributed by atoms with Crippen molar-refractivity contribution in [2.45, 2.75) is 6.42 Å². The Kier molecular flexibility index (Phi) is 5.39. The molecule has 56 valence electrons. The van der Waals surface area contributed by atoms with E-state index in [1.54, 1.807) is 6.07 Å². The molecule has 0 aromatic rings. The number of rotatable bonds is 4. The molecule has 0 aliphatic heterocycles. The van der Waals surface area contributed by atoms with Crippen LogP contribution in [0.4, 0.5) is 0 Å². The number of methoxy groups -OCH3 is 1. The van der Waals surface area contributed by atoms with E-state index in [1.807, 2.05) is 0 Å². The highest BCUT2D eigenvalue weighted by molar-refractivity contribution is 5.69. The Hall–Kier alpha value is -1.08. The molecule has 0 amide bonds. The number of hydrogen-bond donors (Lipinski definition) is 0. The summed E-state index contributed by atoms with van der Waals surface area (Å²) in [6.45, 7) is 0.275. The van der Waals surface area contributed by atoms with Crippen molar-refractivity contribution in [3.63, 3.8) is 0 Å². The SMILES string of the molecule is COC(=O)CCOCC#N. The number of carbonyl (C=O) groups excluding carboxylic acids is 1. The van der Waals surface area contributed by atoms with Gasteiger partial charge in [-0.25, -0.2) is 0 Å². The van der Waals surface area contributed by atoms with Crippen molar-refractivity contribution in [1.29, 1.82) is 5.26 Å². The highest BCUT2D eigenvalue weighted by Crippen LogP contribution is 1.84. The molecule has 0 saturated heterocycles. The van der Waals surface area contributed by atoms with Gasteiger partial charge in [0, 0.05) is 0 Å². The lowest BCUT2D eigenvalue weighted by molar-refractivity contribution is -0.141. The van der Waals surface area contributed by atoms with Crippen LogP contribution >= 0.6 is 0 Å². The third-order valence-electron chi connectivity index (χ3n) is 0.845. The van der Waals surface area contributed by atoms with Gasteiger partial charge in [0.1, 0.15) is 6.61 Å². The van der Waals surface area contributed by atoms with Crippen LogP contribution in [0, 0.1) is 11.3 Å². The van der Waals surface area contributed by atoms with Crippen LogP contribution in [0.15, 0.2) is 0 Å². The maximum absolute atomic E-state index is 10.4. The molecule has 0 unspecified atom stereocenters. The van der Waals surface area contributed by atoms with Crippen molar-refractivity contribution in [2.24, 2.45) is 0 Å². The summed E-state index contributed by atoms with van der Waals surface area (Å²) in [6, 6.07) is 1.79. The Labute approximate surface area is 59.3 Å². The fraction of sp³-hybridized carbons (Fsp3) is 0.667. The molecule has 0 aromatic carbocycles. The highest BCUT2D eigenvalue weighted by atomic mass is 16.5. The lowest BCUT2D eigenvalue weighted by Crippen LogP contribution is -2.05. The summed E-state index contributed by atoms with van der Waals surface area (Å²) < 4.78 is 9.02. The summed E-state index contributed by atoms with van der Waals surface area (Å²) in [4.78, 5) is 10.4. The van der Waals surface area contributed by atoms with Crippen LogP contribution in [0.2, 0.25) is 0 Å². The van der Waals surface area contributed by atoms with Gasteiger partial charge in [0.15, 0.2) is 0 Å². The predicted octanol–water partition coefficient (Wildman–Crippen LogP) is 0.0897. The van der Waals surface area contributed by atoms with E-state index in [1.165, 1.54) is 7.11 Å². The summed E-state index contributed by atoms with van der Waals surface area (Å²) in [5.74, 6) is -0.321. The number of hydrogen-bond acceptors (Lipinski definition) is 4. The van der Waals surface area contributed by atoms with Gasteiger partial charge < -0.3 is 9.47 Å². The molecular formula is C6H9NO3. The summed E-state index contributed by atoms with van der Waals surface area (Å²) in [7, 11) is 1.31. The first-order valence-electron chi connectivity index (χ1n) is 2.82. The standard InChI is InChI=1S/C6H9NO3/c1-9-6(8)2-4-10-5-3-7/h2,4-5H2,1H3. The summed E-state index contributed by atoms with van der Waals surface area (Å²) in [6.07, 6.45) is 0.207. The second-order valence-corrected chi connectivity index (χ2v) is 1.54. The monoisotopic (exact) mass is 143 g/mol. The van der Waals surface area contributed by atoms with Crippen molar-refractivity contribution in [3.8, 4) is 6.07 Å². The number of esters is 1. The van der Waals surface area contributed by atoms with E-state index in [-0.39, 0.29) is 25.6 Å². The van der Waals surface area contributed by atoms with Crippen molar-refractivity contribution < 1.29 is 14.3 Å². The Morgan fingerprint density at radius 3 is 2.90 bits per heavy atom. The molecule has 0 aliphatic rings. The van der Waals surface area contributed by atoms with Gasteiger partial charge in [-0.3, -0.25) is 4.79 Å². The van der Waals surface area contributed by atoms with Gasteiger partial charge in [0.05, 0.1) is 26.2 Å². The minimum absolute atomic E-state index is 0.0248. The normalized spacial score (nSPS) is 8.40. The van der Waals surface area contributed by atoms with Crippen LogP contribution in [0.25, 0.3) is 0 Å². The maximum atomic E-state index is 10.4. The Balaban J connectivity index is 3.05. The molecule has 0 saturated carbocycles. The van der Waals surface area contributed by atoms with Crippen molar-refractivity contribution >= 4 is 5.97 Å².